The van der Waals surface area contributed by atoms with E-state index in [0.717, 1.165) is 12.2 Å². The standard InChI is InChI=1S/C18H22N2.ClH/c19-18(15-7-4-8-15)16-9-11-17(12-10-16)20-13-14-5-2-1-3-6-14;/h1-3,5-6,9-12,15,18,20H,4,7-8,13,19H2;1H/t18-;/m0./s1. The van der Waals surface area contributed by atoms with Gasteiger partial charge in [-0.3, -0.25) is 0 Å². The Hall–Kier alpha value is -1.51. The van der Waals surface area contributed by atoms with Gasteiger partial charge in [-0.25, -0.2) is 0 Å². The lowest BCUT2D eigenvalue weighted by atomic mass is 9.77. The Morgan fingerprint density at radius 3 is 2.24 bits per heavy atom. The van der Waals surface area contributed by atoms with Crippen molar-refractivity contribution < 1.29 is 0 Å². The zero-order valence-corrected chi connectivity index (χ0v) is 13.0. The van der Waals surface area contributed by atoms with Gasteiger partial charge in [0.05, 0.1) is 0 Å². The van der Waals surface area contributed by atoms with Crippen molar-refractivity contribution in [2.75, 3.05) is 5.32 Å². The monoisotopic (exact) mass is 302 g/mol. The van der Waals surface area contributed by atoms with Crippen LogP contribution in [0.3, 0.4) is 0 Å². The maximum Gasteiger partial charge on any atom is 0.0400 e. The maximum absolute atomic E-state index is 6.29. The van der Waals surface area contributed by atoms with Crippen molar-refractivity contribution in [3.63, 3.8) is 0 Å². The summed E-state index contributed by atoms with van der Waals surface area (Å²) in [6.07, 6.45) is 3.92. The molecule has 1 saturated carbocycles. The molecule has 112 valence electrons. The Balaban J connectivity index is 0.00000161. The van der Waals surface area contributed by atoms with Gasteiger partial charge in [-0.2, -0.15) is 0 Å². The molecule has 1 fully saturated rings. The first-order valence-electron chi connectivity index (χ1n) is 7.46. The Kier molecular flexibility index (Phi) is 5.66. The number of anilines is 1. The molecule has 2 aromatic rings. The van der Waals surface area contributed by atoms with Gasteiger partial charge in [-0.1, -0.05) is 48.9 Å². The molecule has 0 spiro atoms. The molecular formula is C18H23ClN2. The molecule has 3 N–H and O–H groups in total. The molecule has 3 heteroatoms. The van der Waals surface area contributed by atoms with Crippen molar-refractivity contribution >= 4 is 18.1 Å². The van der Waals surface area contributed by atoms with Crippen molar-refractivity contribution in [1.29, 1.82) is 0 Å². The summed E-state index contributed by atoms with van der Waals surface area (Å²) in [5.41, 5.74) is 10.0. The summed E-state index contributed by atoms with van der Waals surface area (Å²) >= 11 is 0. The van der Waals surface area contributed by atoms with Crippen molar-refractivity contribution in [3.8, 4) is 0 Å². The van der Waals surface area contributed by atoms with E-state index >= 15 is 0 Å². The van der Waals surface area contributed by atoms with E-state index in [1.807, 2.05) is 6.07 Å². The van der Waals surface area contributed by atoms with Crippen LogP contribution in [-0.4, -0.2) is 0 Å². The average molecular weight is 303 g/mol. The molecule has 0 bridgehead atoms. The second-order valence-corrected chi connectivity index (χ2v) is 5.68. The molecule has 1 aliphatic carbocycles. The number of nitrogens with two attached hydrogens (primary N) is 1. The lowest BCUT2D eigenvalue weighted by Gasteiger charge is -2.31. The molecule has 21 heavy (non-hydrogen) atoms. The fraction of sp³-hybridized carbons (Fsp3) is 0.333. The van der Waals surface area contributed by atoms with Gasteiger partial charge in [0.1, 0.15) is 0 Å². The third-order valence-electron chi connectivity index (χ3n) is 4.29. The van der Waals surface area contributed by atoms with E-state index in [1.54, 1.807) is 0 Å². The summed E-state index contributed by atoms with van der Waals surface area (Å²) in [6.45, 7) is 0.856. The largest absolute Gasteiger partial charge is 0.381 e. The first-order valence-corrected chi connectivity index (χ1v) is 7.46. The van der Waals surface area contributed by atoms with Gasteiger partial charge < -0.3 is 11.1 Å². The summed E-state index contributed by atoms with van der Waals surface area (Å²) < 4.78 is 0. The third kappa shape index (κ3) is 3.99. The molecule has 1 atom stereocenters. The van der Waals surface area contributed by atoms with E-state index in [0.29, 0.717) is 5.92 Å². The van der Waals surface area contributed by atoms with E-state index in [4.69, 9.17) is 5.73 Å². The fourth-order valence-corrected chi connectivity index (χ4v) is 2.69. The lowest BCUT2D eigenvalue weighted by molar-refractivity contribution is 0.264. The second-order valence-electron chi connectivity index (χ2n) is 5.68. The zero-order valence-electron chi connectivity index (χ0n) is 12.2. The Morgan fingerprint density at radius 1 is 1.00 bits per heavy atom. The second kappa shape index (κ2) is 7.48. The number of nitrogens with one attached hydrogen (secondary N) is 1. The van der Waals surface area contributed by atoms with Crippen molar-refractivity contribution in [2.45, 2.75) is 31.8 Å². The average Bonchev–Trinajstić information content (AvgIpc) is 2.45. The van der Waals surface area contributed by atoms with Gasteiger partial charge in [0.15, 0.2) is 0 Å². The molecule has 1 aliphatic rings. The van der Waals surface area contributed by atoms with Gasteiger partial charge in [0.25, 0.3) is 0 Å². The summed E-state index contributed by atoms with van der Waals surface area (Å²) in [6, 6.07) is 19.3. The van der Waals surface area contributed by atoms with E-state index < -0.39 is 0 Å². The third-order valence-corrected chi connectivity index (χ3v) is 4.29. The van der Waals surface area contributed by atoms with Gasteiger partial charge >= 0.3 is 0 Å². The minimum absolute atomic E-state index is 0. The topological polar surface area (TPSA) is 38.0 Å². The SMILES string of the molecule is Cl.N[C@H](c1ccc(NCc2ccccc2)cc1)C1CCC1. The normalized spacial score (nSPS) is 15.7. The van der Waals surface area contributed by atoms with E-state index in [1.165, 1.54) is 30.4 Å². The molecule has 3 rings (SSSR count). The predicted octanol–water partition coefficient (Wildman–Crippen LogP) is 4.52. The van der Waals surface area contributed by atoms with E-state index in [9.17, 15) is 0 Å². The van der Waals surface area contributed by atoms with Crippen LogP contribution in [0.4, 0.5) is 5.69 Å². The predicted molar refractivity (Wildman–Crippen MR) is 91.7 cm³/mol. The van der Waals surface area contributed by atoms with Gasteiger partial charge in [0.2, 0.25) is 0 Å². The number of hydrogen-bond donors (Lipinski definition) is 2. The van der Waals surface area contributed by atoms with Crippen molar-refractivity contribution in [3.05, 3.63) is 65.7 Å². The van der Waals surface area contributed by atoms with Gasteiger partial charge in [-0.05, 0) is 42.0 Å². The Bertz CT molecular complexity index is 535. The molecule has 0 heterocycles. The molecule has 2 nitrogen and oxygen atoms in total. The van der Waals surface area contributed by atoms with Crippen molar-refractivity contribution in [1.82, 2.24) is 0 Å². The smallest absolute Gasteiger partial charge is 0.0400 e. The summed E-state index contributed by atoms with van der Waals surface area (Å²) in [7, 11) is 0. The number of hydrogen-bond acceptors (Lipinski definition) is 2. The number of rotatable bonds is 5. The number of benzene rings is 2. The first-order chi connectivity index (χ1) is 9.83. The minimum Gasteiger partial charge on any atom is -0.381 e. The van der Waals surface area contributed by atoms with Crippen LogP contribution in [0.25, 0.3) is 0 Å². The highest BCUT2D eigenvalue weighted by molar-refractivity contribution is 5.85. The summed E-state index contributed by atoms with van der Waals surface area (Å²) in [5.74, 6) is 0.693. The van der Waals surface area contributed by atoms with Crippen LogP contribution >= 0.6 is 12.4 Å². The Labute approximate surface area is 133 Å². The number of halogens is 1. The van der Waals surface area contributed by atoms with Crippen LogP contribution in [0.1, 0.15) is 36.4 Å². The highest BCUT2D eigenvalue weighted by Gasteiger charge is 2.25. The summed E-state index contributed by atoms with van der Waals surface area (Å²) in [4.78, 5) is 0. The quantitative estimate of drug-likeness (QED) is 0.852. The molecule has 0 aromatic heterocycles. The van der Waals surface area contributed by atoms with Crippen LogP contribution in [0.15, 0.2) is 54.6 Å². The van der Waals surface area contributed by atoms with Crippen LogP contribution < -0.4 is 11.1 Å². The van der Waals surface area contributed by atoms with Gasteiger partial charge in [-0.15, -0.1) is 12.4 Å². The summed E-state index contributed by atoms with van der Waals surface area (Å²) in [5, 5.41) is 3.44. The molecular weight excluding hydrogens is 280 g/mol. The molecule has 0 saturated heterocycles. The van der Waals surface area contributed by atoms with Crippen LogP contribution in [0, 0.1) is 5.92 Å². The van der Waals surface area contributed by atoms with E-state index in [2.05, 4.69) is 53.8 Å². The van der Waals surface area contributed by atoms with Crippen LogP contribution in [0.2, 0.25) is 0 Å². The van der Waals surface area contributed by atoms with E-state index in [-0.39, 0.29) is 18.4 Å². The molecule has 2 aromatic carbocycles. The zero-order chi connectivity index (χ0) is 13.8. The molecule has 0 unspecified atom stereocenters. The minimum atomic E-state index is 0. The highest BCUT2D eigenvalue weighted by atomic mass is 35.5. The van der Waals surface area contributed by atoms with Gasteiger partial charge in [0, 0.05) is 18.3 Å². The van der Waals surface area contributed by atoms with Crippen LogP contribution in [0.5, 0.6) is 0 Å². The maximum atomic E-state index is 6.29. The molecule has 0 amide bonds. The first kappa shape index (κ1) is 15.9. The molecule has 0 radical (unpaired) electrons. The molecule has 0 aliphatic heterocycles. The van der Waals surface area contributed by atoms with Crippen LogP contribution in [-0.2, 0) is 6.54 Å². The lowest BCUT2D eigenvalue weighted by Crippen LogP contribution is -2.26. The highest BCUT2D eigenvalue weighted by Crippen LogP contribution is 2.36. The fourth-order valence-electron chi connectivity index (χ4n) is 2.69. The van der Waals surface area contributed by atoms with Crippen molar-refractivity contribution in [2.24, 2.45) is 11.7 Å². The Morgan fingerprint density at radius 2 is 1.67 bits per heavy atom.